The first-order valence-corrected chi connectivity index (χ1v) is 4.95. The minimum Gasteiger partial charge on any atom is -0.379 e. The number of rotatable bonds is 1. The molecule has 0 aliphatic carbocycles. The molecule has 1 heterocycles. The van der Waals surface area contributed by atoms with Crippen LogP contribution < -0.4 is 5.32 Å². The van der Waals surface area contributed by atoms with Crippen LogP contribution in [-0.4, -0.2) is 50.2 Å². The second-order valence-corrected chi connectivity index (χ2v) is 4.21. The van der Waals surface area contributed by atoms with Crippen LogP contribution in [-0.2, 0) is 9.53 Å². The highest BCUT2D eigenvalue weighted by Gasteiger charge is 2.04. The quantitative estimate of drug-likeness (QED) is 0.629. The second-order valence-electron chi connectivity index (χ2n) is 4.21. The van der Waals surface area contributed by atoms with Crippen LogP contribution in [0.5, 0.6) is 0 Å². The summed E-state index contributed by atoms with van der Waals surface area (Å²) in [4.78, 5) is 11.8. The van der Waals surface area contributed by atoms with Gasteiger partial charge in [-0.3, -0.25) is 4.79 Å². The third-order valence-corrected chi connectivity index (χ3v) is 1.91. The standard InChI is InChI=1S/C5H10N2O.C5H12O/c8-5-7-3-1-6-2-4-7;1-5(2,3)6-4/h5-6H,1-4H2;1-4H3. The lowest BCUT2D eigenvalue weighted by Crippen LogP contribution is -2.42. The number of hydrogen-bond donors (Lipinski definition) is 1. The molecule has 0 unspecified atom stereocenters. The van der Waals surface area contributed by atoms with Crippen molar-refractivity contribution in [2.24, 2.45) is 0 Å². The molecule has 1 rings (SSSR count). The normalized spacial score (nSPS) is 17.0. The number of nitrogens with one attached hydrogen (secondary N) is 1. The largest absolute Gasteiger partial charge is 0.379 e. The summed E-state index contributed by atoms with van der Waals surface area (Å²) in [7, 11) is 1.71. The molecule has 14 heavy (non-hydrogen) atoms. The third-order valence-electron chi connectivity index (χ3n) is 1.91. The minimum atomic E-state index is 0.0417. The first kappa shape index (κ1) is 13.4. The first-order valence-electron chi connectivity index (χ1n) is 4.95. The average Bonchev–Trinajstić information content (AvgIpc) is 2.19. The summed E-state index contributed by atoms with van der Waals surface area (Å²) in [5, 5.41) is 3.15. The molecule has 0 aromatic carbocycles. The summed E-state index contributed by atoms with van der Waals surface area (Å²) in [5.74, 6) is 0. The molecule has 4 heteroatoms. The summed E-state index contributed by atoms with van der Waals surface area (Å²) in [6.45, 7) is 9.68. The summed E-state index contributed by atoms with van der Waals surface area (Å²) < 4.78 is 4.94. The Morgan fingerprint density at radius 1 is 1.29 bits per heavy atom. The van der Waals surface area contributed by atoms with E-state index in [2.05, 4.69) is 5.32 Å². The highest BCUT2D eigenvalue weighted by Crippen LogP contribution is 2.02. The maximum atomic E-state index is 10.1. The van der Waals surface area contributed by atoms with Crippen molar-refractivity contribution >= 4 is 6.41 Å². The number of carbonyl (C=O) groups is 1. The van der Waals surface area contributed by atoms with E-state index in [0.717, 1.165) is 32.6 Å². The topological polar surface area (TPSA) is 41.6 Å². The van der Waals surface area contributed by atoms with Gasteiger partial charge in [0.2, 0.25) is 6.41 Å². The van der Waals surface area contributed by atoms with E-state index in [0.29, 0.717) is 0 Å². The molecule has 84 valence electrons. The molecular formula is C10H22N2O2. The van der Waals surface area contributed by atoms with Crippen molar-refractivity contribution < 1.29 is 9.53 Å². The van der Waals surface area contributed by atoms with Crippen LogP contribution in [0.3, 0.4) is 0 Å². The predicted molar refractivity (Wildman–Crippen MR) is 57.3 cm³/mol. The Morgan fingerprint density at radius 2 is 1.71 bits per heavy atom. The third kappa shape index (κ3) is 8.01. The van der Waals surface area contributed by atoms with Crippen molar-refractivity contribution in [1.82, 2.24) is 10.2 Å². The smallest absolute Gasteiger partial charge is 0.209 e. The van der Waals surface area contributed by atoms with Gasteiger partial charge in [0.25, 0.3) is 0 Å². The Balaban J connectivity index is 0.000000255. The molecular weight excluding hydrogens is 180 g/mol. The zero-order chi connectivity index (χ0) is 11.0. The first-order chi connectivity index (χ1) is 6.49. The maximum absolute atomic E-state index is 10.1. The van der Waals surface area contributed by atoms with Gasteiger partial charge in [0, 0.05) is 33.3 Å². The molecule has 1 aliphatic heterocycles. The molecule has 0 aromatic rings. The van der Waals surface area contributed by atoms with Gasteiger partial charge in [0.05, 0.1) is 5.60 Å². The Bertz CT molecular complexity index is 149. The van der Waals surface area contributed by atoms with E-state index in [4.69, 9.17) is 4.74 Å². The lowest BCUT2D eigenvalue weighted by atomic mass is 10.2. The molecule has 0 spiro atoms. The Morgan fingerprint density at radius 3 is 1.93 bits per heavy atom. The SMILES string of the molecule is COC(C)(C)C.O=CN1CCNCC1. The summed E-state index contributed by atoms with van der Waals surface area (Å²) >= 11 is 0. The van der Waals surface area contributed by atoms with Gasteiger partial charge in [-0.05, 0) is 20.8 Å². The van der Waals surface area contributed by atoms with Crippen molar-refractivity contribution in [3.8, 4) is 0 Å². The van der Waals surface area contributed by atoms with Crippen molar-refractivity contribution in [3.05, 3.63) is 0 Å². The van der Waals surface area contributed by atoms with E-state index >= 15 is 0 Å². The molecule has 0 atom stereocenters. The molecule has 1 saturated heterocycles. The molecule has 4 nitrogen and oxygen atoms in total. The van der Waals surface area contributed by atoms with E-state index in [-0.39, 0.29) is 5.60 Å². The van der Waals surface area contributed by atoms with Crippen LogP contribution in [0.1, 0.15) is 20.8 Å². The number of methoxy groups -OCH3 is 1. The summed E-state index contributed by atoms with van der Waals surface area (Å²) in [6.07, 6.45) is 0.904. The predicted octanol–water partition coefficient (Wildman–Crippen LogP) is 0.479. The Labute approximate surface area is 86.6 Å². The van der Waals surface area contributed by atoms with E-state index in [1.807, 2.05) is 20.8 Å². The summed E-state index contributed by atoms with van der Waals surface area (Å²) in [5.41, 5.74) is 0.0417. The minimum absolute atomic E-state index is 0.0417. The second kappa shape index (κ2) is 6.79. The number of carbonyl (C=O) groups excluding carboxylic acids is 1. The van der Waals surface area contributed by atoms with Crippen molar-refractivity contribution in [2.45, 2.75) is 26.4 Å². The lowest BCUT2D eigenvalue weighted by Gasteiger charge is -2.22. The fourth-order valence-electron chi connectivity index (χ4n) is 0.788. The van der Waals surface area contributed by atoms with Crippen LogP contribution >= 0.6 is 0 Å². The van der Waals surface area contributed by atoms with Gasteiger partial charge in [0.1, 0.15) is 0 Å². The van der Waals surface area contributed by atoms with Gasteiger partial charge in [-0.2, -0.15) is 0 Å². The highest BCUT2D eigenvalue weighted by molar-refractivity contribution is 5.47. The van der Waals surface area contributed by atoms with Crippen molar-refractivity contribution in [3.63, 3.8) is 0 Å². The van der Waals surface area contributed by atoms with Gasteiger partial charge < -0.3 is 15.0 Å². The average molecular weight is 202 g/mol. The Kier molecular flexibility index (Phi) is 6.49. The zero-order valence-electron chi connectivity index (χ0n) is 9.67. The molecule has 1 N–H and O–H groups in total. The van der Waals surface area contributed by atoms with E-state index in [9.17, 15) is 4.79 Å². The van der Waals surface area contributed by atoms with Crippen LogP contribution in [0.4, 0.5) is 0 Å². The highest BCUT2D eigenvalue weighted by atomic mass is 16.5. The Hall–Kier alpha value is -0.610. The van der Waals surface area contributed by atoms with Gasteiger partial charge in [-0.25, -0.2) is 0 Å². The molecule has 0 saturated carbocycles. The molecule has 0 radical (unpaired) electrons. The molecule has 0 aromatic heterocycles. The monoisotopic (exact) mass is 202 g/mol. The molecule has 1 aliphatic rings. The number of ether oxygens (including phenoxy) is 1. The van der Waals surface area contributed by atoms with E-state index in [1.165, 1.54) is 0 Å². The maximum Gasteiger partial charge on any atom is 0.209 e. The van der Waals surface area contributed by atoms with Crippen LogP contribution in [0.15, 0.2) is 0 Å². The van der Waals surface area contributed by atoms with Gasteiger partial charge in [-0.15, -0.1) is 0 Å². The lowest BCUT2D eigenvalue weighted by molar-refractivity contribution is -0.118. The fraction of sp³-hybridized carbons (Fsp3) is 0.900. The van der Waals surface area contributed by atoms with Crippen molar-refractivity contribution in [1.29, 1.82) is 0 Å². The van der Waals surface area contributed by atoms with Crippen LogP contribution in [0.2, 0.25) is 0 Å². The number of amides is 1. The number of hydrogen-bond acceptors (Lipinski definition) is 3. The van der Waals surface area contributed by atoms with Crippen LogP contribution in [0.25, 0.3) is 0 Å². The van der Waals surface area contributed by atoms with Crippen LogP contribution in [0, 0.1) is 0 Å². The molecule has 1 amide bonds. The van der Waals surface area contributed by atoms with E-state index in [1.54, 1.807) is 12.0 Å². The molecule has 0 bridgehead atoms. The number of nitrogens with zero attached hydrogens (tertiary/aromatic N) is 1. The summed E-state index contributed by atoms with van der Waals surface area (Å²) in [6, 6.07) is 0. The van der Waals surface area contributed by atoms with Gasteiger partial charge in [0.15, 0.2) is 0 Å². The zero-order valence-corrected chi connectivity index (χ0v) is 9.67. The van der Waals surface area contributed by atoms with Gasteiger partial charge in [-0.1, -0.05) is 0 Å². The fourth-order valence-corrected chi connectivity index (χ4v) is 0.788. The van der Waals surface area contributed by atoms with Crippen molar-refractivity contribution in [2.75, 3.05) is 33.3 Å². The van der Waals surface area contributed by atoms with E-state index < -0.39 is 0 Å². The van der Waals surface area contributed by atoms with Gasteiger partial charge >= 0.3 is 0 Å². The molecule has 1 fully saturated rings. The number of piperazine rings is 1.